The minimum absolute atomic E-state index is 0.136. The van der Waals surface area contributed by atoms with E-state index >= 15 is 0 Å². The normalized spacial score (nSPS) is 11.3. The van der Waals surface area contributed by atoms with Crippen LogP contribution in [0.4, 0.5) is 17.1 Å². The van der Waals surface area contributed by atoms with Crippen molar-refractivity contribution in [1.82, 2.24) is 0 Å². The third-order valence-corrected chi connectivity index (χ3v) is 3.32. The molecule has 1 atom stereocenters. The molecule has 2 rings (SSSR count). The quantitative estimate of drug-likeness (QED) is 0.762. The van der Waals surface area contributed by atoms with Crippen LogP contribution >= 0.6 is 0 Å². The molecule has 0 aliphatic heterocycles. The fraction of sp³-hybridized carbons (Fsp3) is 0.222. The molecule has 2 aromatic carbocycles. The van der Waals surface area contributed by atoms with Gasteiger partial charge in [0.05, 0.1) is 7.11 Å². The van der Waals surface area contributed by atoms with Gasteiger partial charge in [-0.2, -0.15) is 0 Å². The molecule has 0 spiro atoms. The lowest BCUT2D eigenvalue weighted by Crippen LogP contribution is -2.31. The van der Waals surface area contributed by atoms with E-state index in [0.717, 1.165) is 11.4 Å². The molecule has 24 heavy (non-hydrogen) atoms. The van der Waals surface area contributed by atoms with E-state index in [1.807, 2.05) is 24.3 Å². The van der Waals surface area contributed by atoms with Gasteiger partial charge in [-0.05, 0) is 43.3 Å². The Morgan fingerprint density at radius 3 is 2.17 bits per heavy atom. The van der Waals surface area contributed by atoms with Crippen LogP contribution in [0, 0.1) is 0 Å². The maximum atomic E-state index is 12.3. The number of carbonyl (C=O) groups excluding carboxylic acids is 2. The molecule has 0 aliphatic carbocycles. The van der Waals surface area contributed by atoms with Crippen LogP contribution in [-0.4, -0.2) is 25.0 Å². The van der Waals surface area contributed by atoms with Gasteiger partial charge in [0.15, 0.2) is 0 Å². The number of rotatable bonds is 6. The first-order valence-corrected chi connectivity index (χ1v) is 7.57. The van der Waals surface area contributed by atoms with E-state index in [4.69, 9.17) is 4.74 Å². The molecule has 6 heteroatoms. The SMILES string of the molecule is COc1cccc(N[C@@H](C)C(=O)Nc2ccc(NC(C)=O)cc2)c1. The first-order chi connectivity index (χ1) is 11.5. The topological polar surface area (TPSA) is 79.5 Å². The lowest BCUT2D eigenvalue weighted by molar-refractivity contribution is -0.116. The molecule has 0 bridgehead atoms. The Morgan fingerprint density at radius 1 is 0.958 bits per heavy atom. The smallest absolute Gasteiger partial charge is 0.246 e. The lowest BCUT2D eigenvalue weighted by Gasteiger charge is -2.16. The summed E-state index contributed by atoms with van der Waals surface area (Å²) in [5.74, 6) is 0.425. The Morgan fingerprint density at radius 2 is 1.58 bits per heavy atom. The number of nitrogens with one attached hydrogen (secondary N) is 3. The Labute approximate surface area is 141 Å². The van der Waals surface area contributed by atoms with E-state index in [1.54, 1.807) is 38.3 Å². The van der Waals surface area contributed by atoms with Gasteiger partial charge >= 0.3 is 0 Å². The van der Waals surface area contributed by atoms with Crippen molar-refractivity contribution in [1.29, 1.82) is 0 Å². The van der Waals surface area contributed by atoms with E-state index in [-0.39, 0.29) is 11.8 Å². The first-order valence-electron chi connectivity index (χ1n) is 7.57. The summed E-state index contributed by atoms with van der Waals surface area (Å²) in [7, 11) is 1.60. The summed E-state index contributed by atoms with van der Waals surface area (Å²) in [5, 5.41) is 8.63. The zero-order valence-electron chi connectivity index (χ0n) is 13.9. The average molecular weight is 327 g/mol. The van der Waals surface area contributed by atoms with E-state index in [1.165, 1.54) is 6.92 Å². The van der Waals surface area contributed by atoms with Gasteiger partial charge in [0.1, 0.15) is 11.8 Å². The van der Waals surface area contributed by atoms with Crippen molar-refractivity contribution in [3.05, 3.63) is 48.5 Å². The fourth-order valence-electron chi connectivity index (χ4n) is 2.12. The van der Waals surface area contributed by atoms with Crippen LogP contribution in [0.1, 0.15) is 13.8 Å². The zero-order valence-corrected chi connectivity index (χ0v) is 13.9. The maximum absolute atomic E-state index is 12.3. The van der Waals surface area contributed by atoms with Crippen LogP contribution < -0.4 is 20.7 Å². The number of methoxy groups -OCH3 is 1. The maximum Gasteiger partial charge on any atom is 0.246 e. The molecule has 0 saturated carbocycles. The molecule has 6 nitrogen and oxygen atoms in total. The molecular formula is C18H21N3O3. The number of hydrogen-bond acceptors (Lipinski definition) is 4. The molecule has 0 heterocycles. The van der Waals surface area contributed by atoms with E-state index in [0.29, 0.717) is 11.4 Å². The van der Waals surface area contributed by atoms with E-state index in [9.17, 15) is 9.59 Å². The molecule has 0 fully saturated rings. The van der Waals surface area contributed by atoms with Gasteiger partial charge in [0.25, 0.3) is 0 Å². The molecule has 3 N–H and O–H groups in total. The Kier molecular flexibility index (Phi) is 5.78. The van der Waals surface area contributed by atoms with E-state index in [2.05, 4.69) is 16.0 Å². The molecule has 0 aliphatic rings. The van der Waals surface area contributed by atoms with Crippen LogP contribution in [0.25, 0.3) is 0 Å². The van der Waals surface area contributed by atoms with Crippen molar-refractivity contribution >= 4 is 28.9 Å². The first kappa shape index (κ1) is 17.3. The van der Waals surface area contributed by atoms with Crippen LogP contribution in [0.5, 0.6) is 5.75 Å². The Balaban J connectivity index is 1.94. The fourth-order valence-corrected chi connectivity index (χ4v) is 2.12. The second kappa shape index (κ2) is 8.01. The van der Waals surface area contributed by atoms with Crippen LogP contribution in [0.3, 0.4) is 0 Å². The summed E-state index contributed by atoms with van der Waals surface area (Å²) < 4.78 is 5.16. The van der Waals surface area contributed by atoms with Gasteiger partial charge in [-0.1, -0.05) is 6.07 Å². The van der Waals surface area contributed by atoms with Crippen molar-refractivity contribution in [3.63, 3.8) is 0 Å². The predicted octanol–water partition coefficient (Wildman–Crippen LogP) is 3.09. The number of amides is 2. The molecule has 2 amide bonds. The third-order valence-electron chi connectivity index (χ3n) is 3.32. The Hall–Kier alpha value is -3.02. The highest BCUT2D eigenvalue weighted by Gasteiger charge is 2.13. The predicted molar refractivity (Wildman–Crippen MR) is 95.5 cm³/mol. The molecule has 0 unspecified atom stereocenters. The van der Waals surface area contributed by atoms with Crippen LogP contribution in [0.2, 0.25) is 0 Å². The van der Waals surface area contributed by atoms with Crippen molar-refractivity contribution < 1.29 is 14.3 Å². The van der Waals surface area contributed by atoms with Gasteiger partial charge in [-0.15, -0.1) is 0 Å². The monoisotopic (exact) mass is 327 g/mol. The van der Waals surface area contributed by atoms with Crippen LogP contribution in [-0.2, 0) is 9.59 Å². The highest BCUT2D eigenvalue weighted by Crippen LogP contribution is 2.18. The van der Waals surface area contributed by atoms with Crippen molar-refractivity contribution in [2.75, 3.05) is 23.1 Å². The largest absolute Gasteiger partial charge is 0.497 e. The minimum Gasteiger partial charge on any atom is -0.497 e. The van der Waals surface area contributed by atoms with Crippen molar-refractivity contribution in [2.45, 2.75) is 19.9 Å². The van der Waals surface area contributed by atoms with Gasteiger partial charge in [-0.25, -0.2) is 0 Å². The van der Waals surface area contributed by atoms with E-state index < -0.39 is 6.04 Å². The second-order valence-corrected chi connectivity index (χ2v) is 5.35. The number of carbonyl (C=O) groups is 2. The highest BCUT2D eigenvalue weighted by molar-refractivity contribution is 5.96. The molecule has 0 radical (unpaired) electrons. The lowest BCUT2D eigenvalue weighted by atomic mass is 10.2. The Bertz CT molecular complexity index is 714. The number of anilines is 3. The highest BCUT2D eigenvalue weighted by atomic mass is 16.5. The van der Waals surface area contributed by atoms with Gasteiger partial charge in [-0.3, -0.25) is 9.59 Å². The molecule has 2 aromatic rings. The molecule has 0 aromatic heterocycles. The standard InChI is InChI=1S/C18H21N3O3/c1-12(19-16-5-4-6-17(11-16)24-3)18(23)21-15-9-7-14(8-10-15)20-13(2)22/h4-12,19H,1-3H3,(H,20,22)(H,21,23)/t12-/m0/s1. The summed E-state index contributed by atoms with van der Waals surface area (Å²) in [6.07, 6.45) is 0. The van der Waals surface area contributed by atoms with Gasteiger partial charge < -0.3 is 20.7 Å². The second-order valence-electron chi connectivity index (χ2n) is 5.35. The summed E-state index contributed by atoms with van der Waals surface area (Å²) in [6, 6.07) is 13.9. The van der Waals surface area contributed by atoms with Gasteiger partial charge in [0.2, 0.25) is 11.8 Å². The van der Waals surface area contributed by atoms with Crippen molar-refractivity contribution in [2.24, 2.45) is 0 Å². The number of hydrogen-bond donors (Lipinski definition) is 3. The average Bonchev–Trinajstić information content (AvgIpc) is 2.56. The molecule has 126 valence electrons. The van der Waals surface area contributed by atoms with Gasteiger partial charge in [0, 0.05) is 30.1 Å². The zero-order chi connectivity index (χ0) is 17.5. The summed E-state index contributed by atoms with van der Waals surface area (Å²) in [5.41, 5.74) is 2.15. The molecule has 0 saturated heterocycles. The molecular weight excluding hydrogens is 306 g/mol. The number of benzene rings is 2. The summed E-state index contributed by atoms with van der Waals surface area (Å²) in [6.45, 7) is 3.22. The summed E-state index contributed by atoms with van der Waals surface area (Å²) in [4.78, 5) is 23.2. The minimum atomic E-state index is -0.424. The van der Waals surface area contributed by atoms with Crippen molar-refractivity contribution in [3.8, 4) is 5.75 Å². The number of ether oxygens (including phenoxy) is 1. The summed E-state index contributed by atoms with van der Waals surface area (Å²) >= 11 is 0. The third kappa shape index (κ3) is 5.01. The van der Waals surface area contributed by atoms with Crippen LogP contribution in [0.15, 0.2) is 48.5 Å².